The standard InChI is InChI=1S/C10H10FNO2.C9H12FNO/c1-6-7(3-2-4-8(6)11)9-5-14-10(13)12-9;1-6-7(9(11)5-12)3-2-4-8(6)10/h2-4,9H,5H2,1H3,(H,12,13);2-4,9,12H,5,11H2,1H3/t2*9-/m11/s1. The molecule has 0 bridgehead atoms. The molecule has 1 aliphatic heterocycles. The van der Waals surface area contributed by atoms with E-state index in [1.807, 2.05) is 0 Å². The Morgan fingerprint density at radius 3 is 2.38 bits per heavy atom. The number of nitrogens with two attached hydrogens (primary N) is 1. The molecule has 4 N–H and O–H groups in total. The van der Waals surface area contributed by atoms with Gasteiger partial charge in [-0.15, -0.1) is 0 Å². The Bertz CT molecular complexity index is 783. The Balaban J connectivity index is 0.000000190. The number of aliphatic hydroxyl groups is 1. The smallest absolute Gasteiger partial charge is 0.407 e. The van der Waals surface area contributed by atoms with Crippen LogP contribution in [0.25, 0.3) is 0 Å². The highest BCUT2D eigenvalue weighted by atomic mass is 19.1. The topological polar surface area (TPSA) is 84.6 Å². The van der Waals surface area contributed by atoms with Crippen LogP contribution < -0.4 is 11.1 Å². The van der Waals surface area contributed by atoms with Crippen LogP contribution in [0.15, 0.2) is 36.4 Å². The van der Waals surface area contributed by atoms with Crippen molar-refractivity contribution >= 4 is 6.09 Å². The zero-order valence-corrected chi connectivity index (χ0v) is 14.6. The van der Waals surface area contributed by atoms with E-state index in [9.17, 15) is 13.6 Å². The highest BCUT2D eigenvalue weighted by molar-refractivity contribution is 5.70. The molecular formula is C19H22F2N2O3. The Kier molecular flexibility index (Phi) is 6.65. The van der Waals surface area contributed by atoms with E-state index in [1.54, 1.807) is 38.1 Å². The van der Waals surface area contributed by atoms with Crippen molar-refractivity contribution in [3.05, 3.63) is 70.3 Å². The summed E-state index contributed by atoms with van der Waals surface area (Å²) in [5, 5.41) is 11.4. The number of amides is 1. The number of halogens is 2. The van der Waals surface area contributed by atoms with Crippen molar-refractivity contribution < 1.29 is 23.4 Å². The van der Waals surface area contributed by atoms with Gasteiger partial charge in [0.05, 0.1) is 18.7 Å². The summed E-state index contributed by atoms with van der Waals surface area (Å²) in [5.74, 6) is -0.542. The third-order valence-corrected chi connectivity index (χ3v) is 4.26. The van der Waals surface area contributed by atoms with Crippen molar-refractivity contribution in [1.29, 1.82) is 0 Å². The van der Waals surface area contributed by atoms with E-state index in [0.29, 0.717) is 16.7 Å². The third-order valence-electron chi connectivity index (χ3n) is 4.26. The van der Waals surface area contributed by atoms with E-state index in [2.05, 4.69) is 5.32 Å². The molecule has 0 radical (unpaired) electrons. The van der Waals surface area contributed by atoms with Crippen LogP contribution in [0.3, 0.4) is 0 Å². The van der Waals surface area contributed by atoms with Gasteiger partial charge < -0.3 is 20.9 Å². The Hall–Kier alpha value is -2.51. The molecule has 1 amide bonds. The van der Waals surface area contributed by atoms with Crippen molar-refractivity contribution in [3.8, 4) is 0 Å². The predicted molar refractivity (Wildman–Crippen MR) is 93.5 cm³/mol. The van der Waals surface area contributed by atoms with Crippen molar-refractivity contribution in [2.45, 2.75) is 25.9 Å². The molecule has 3 rings (SSSR count). The third kappa shape index (κ3) is 4.56. The van der Waals surface area contributed by atoms with E-state index in [0.717, 1.165) is 5.56 Å². The van der Waals surface area contributed by atoms with Crippen LogP contribution in [0.4, 0.5) is 13.6 Å². The van der Waals surface area contributed by atoms with Crippen molar-refractivity contribution in [2.75, 3.05) is 13.2 Å². The van der Waals surface area contributed by atoms with Crippen molar-refractivity contribution in [2.24, 2.45) is 5.73 Å². The second kappa shape index (κ2) is 8.73. The average Bonchev–Trinajstić information content (AvgIpc) is 3.06. The number of hydrogen-bond donors (Lipinski definition) is 3. The number of cyclic esters (lactones) is 1. The van der Waals surface area contributed by atoms with Gasteiger partial charge in [0.15, 0.2) is 0 Å². The number of ether oxygens (including phenoxy) is 1. The second-order valence-electron chi connectivity index (χ2n) is 5.99. The fraction of sp³-hybridized carbons (Fsp3) is 0.316. The number of aliphatic hydroxyl groups excluding tert-OH is 1. The van der Waals surface area contributed by atoms with Crippen LogP contribution in [0.2, 0.25) is 0 Å². The quantitative estimate of drug-likeness (QED) is 0.782. The number of carbonyl (C=O) groups excluding carboxylic acids is 1. The Morgan fingerprint density at radius 2 is 1.81 bits per heavy atom. The lowest BCUT2D eigenvalue weighted by molar-refractivity contribution is 0.177. The van der Waals surface area contributed by atoms with Crippen LogP contribution in [0.1, 0.15) is 34.3 Å². The van der Waals surface area contributed by atoms with Gasteiger partial charge in [-0.25, -0.2) is 13.6 Å². The van der Waals surface area contributed by atoms with Crippen LogP contribution in [-0.4, -0.2) is 24.4 Å². The number of nitrogens with one attached hydrogen (secondary N) is 1. The minimum atomic E-state index is -0.485. The molecule has 0 saturated carbocycles. The molecule has 2 aromatic carbocycles. The maximum absolute atomic E-state index is 13.2. The Morgan fingerprint density at radius 1 is 1.19 bits per heavy atom. The molecule has 0 aliphatic carbocycles. The van der Waals surface area contributed by atoms with Gasteiger partial charge in [-0.1, -0.05) is 24.3 Å². The lowest BCUT2D eigenvalue weighted by Gasteiger charge is -2.11. The summed E-state index contributed by atoms with van der Waals surface area (Å²) in [7, 11) is 0. The molecule has 1 fully saturated rings. The van der Waals surface area contributed by atoms with Crippen molar-refractivity contribution in [1.82, 2.24) is 5.32 Å². The predicted octanol–water partition coefficient (Wildman–Crippen LogP) is 3.04. The zero-order chi connectivity index (χ0) is 19.3. The molecule has 0 unspecified atom stereocenters. The molecule has 1 heterocycles. The molecule has 2 atom stereocenters. The first-order valence-electron chi connectivity index (χ1n) is 8.15. The summed E-state index contributed by atoms with van der Waals surface area (Å²) in [4.78, 5) is 10.8. The molecule has 0 aromatic heterocycles. The minimum absolute atomic E-state index is 0.162. The van der Waals surface area contributed by atoms with Gasteiger partial charge in [0.1, 0.15) is 18.2 Å². The molecule has 2 aromatic rings. The van der Waals surface area contributed by atoms with Crippen LogP contribution in [0, 0.1) is 25.5 Å². The maximum atomic E-state index is 13.2. The normalized spacial score (nSPS) is 17.0. The summed E-state index contributed by atoms with van der Waals surface area (Å²) in [6.07, 6.45) is -0.446. The molecule has 7 heteroatoms. The highest BCUT2D eigenvalue weighted by Gasteiger charge is 2.25. The lowest BCUT2D eigenvalue weighted by Crippen LogP contribution is -2.19. The van der Waals surface area contributed by atoms with E-state index in [-0.39, 0.29) is 30.9 Å². The molecule has 1 aliphatic rings. The van der Waals surface area contributed by atoms with E-state index in [1.165, 1.54) is 12.1 Å². The van der Waals surface area contributed by atoms with Gasteiger partial charge >= 0.3 is 6.09 Å². The van der Waals surface area contributed by atoms with Gasteiger partial charge in [0, 0.05) is 0 Å². The average molecular weight is 364 g/mol. The summed E-state index contributed by atoms with van der Waals surface area (Å²) in [6, 6.07) is 8.80. The number of carbonyl (C=O) groups is 1. The van der Waals surface area contributed by atoms with E-state index in [4.69, 9.17) is 15.6 Å². The van der Waals surface area contributed by atoms with Crippen LogP contribution in [-0.2, 0) is 4.74 Å². The first-order valence-corrected chi connectivity index (χ1v) is 8.15. The summed E-state index contributed by atoms with van der Waals surface area (Å²) >= 11 is 0. The minimum Gasteiger partial charge on any atom is -0.447 e. The van der Waals surface area contributed by atoms with Gasteiger partial charge in [0.2, 0.25) is 0 Å². The maximum Gasteiger partial charge on any atom is 0.407 e. The number of hydrogen-bond acceptors (Lipinski definition) is 4. The van der Waals surface area contributed by atoms with Gasteiger partial charge in [-0.2, -0.15) is 0 Å². The molecule has 5 nitrogen and oxygen atoms in total. The Labute approximate surface area is 150 Å². The molecular weight excluding hydrogens is 342 g/mol. The first kappa shape index (κ1) is 19.8. The highest BCUT2D eigenvalue weighted by Crippen LogP contribution is 2.23. The molecule has 1 saturated heterocycles. The number of benzene rings is 2. The number of alkyl carbamates (subject to hydrolysis) is 1. The van der Waals surface area contributed by atoms with E-state index >= 15 is 0 Å². The summed E-state index contributed by atoms with van der Waals surface area (Å²) in [6.45, 7) is 3.45. The fourth-order valence-electron chi connectivity index (χ4n) is 2.68. The number of rotatable bonds is 3. The SMILES string of the molecule is Cc1c(F)cccc1[C@H](N)CO.Cc1c(F)cccc1[C@H]1COC(=O)N1. The van der Waals surface area contributed by atoms with Crippen LogP contribution >= 0.6 is 0 Å². The van der Waals surface area contributed by atoms with Gasteiger partial charge in [-0.05, 0) is 48.2 Å². The van der Waals surface area contributed by atoms with Gasteiger partial charge in [0.25, 0.3) is 0 Å². The largest absolute Gasteiger partial charge is 0.447 e. The lowest BCUT2D eigenvalue weighted by atomic mass is 10.0. The molecule has 0 spiro atoms. The monoisotopic (exact) mass is 364 g/mol. The van der Waals surface area contributed by atoms with Crippen LogP contribution in [0.5, 0.6) is 0 Å². The summed E-state index contributed by atoms with van der Waals surface area (Å²) < 4.78 is 30.9. The summed E-state index contributed by atoms with van der Waals surface area (Å²) in [5.41, 5.74) is 8.06. The zero-order valence-electron chi connectivity index (χ0n) is 14.6. The van der Waals surface area contributed by atoms with E-state index < -0.39 is 12.1 Å². The molecule has 26 heavy (non-hydrogen) atoms. The molecule has 140 valence electrons. The fourth-order valence-corrected chi connectivity index (χ4v) is 2.68. The van der Waals surface area contributed by atoms with Gasteiger partial charge in [-0.3, -0.25) is 0 Å². The second-order valence-corrected chi connectivity index (χ2v) is 5.99. The first-order chi connectivity index (χ1) is 12.3. The van der Waals surface area contributed by atoms with Crippen molar-refractivity contribution in [3.63, 3.8) is 0 Å².